The predicted molar refractivity (Wildman–Crippen MR) is 118 cm³/mol. The van der Waals surface area contributed by atoms with Gasteiger partial charge in [-0.1, -0.05) is 122 Å². The van der Waals surface area contributed by atoms with Crippen molar-refractivity contribution in [1.29, 1.82) is 0 Å². The summed E-state index contributed by atoms with van der Waals surface area (Å²) in [7, 11) is 0. The molecule has 2 nitrogen and oxygen atoms in total. The van der Waals surface area contributed by atoms with Gasteiger partial charge < -0.3 is 9.47 Å². The van der Waals surface area contributed by atoms with Crippen LogP contribution in [0.5, 0.6) is 0 Å². The lowest BCUT2D eigenvalue weighted by atomic mass is 10.0. The standard InChI is InChI=1S/C25H50O2/c1-4-5-6-7-8-9-10-11-12-13-14-15-16-17-18-19-20-21-22-24-23-26-25(2,3)27-24/h24H,4-23H2,1-3H3/t24-/m1/s1. The predicted octanol–water partition coefficient (Wildman–Crippen LogP) is 8.57. The van der Waals surface area contributed by atoms with Crippen LogP contribution >= 0.6 is 0 Å². The van der Waals surface area contributed by atoms with Crippen LogP contribution in [0.25, 0.3) is 0 Å². The topological polar surface area (TPSA) is 18.5 Å². The van der Waals surface area contributed by atoms with E-state index in [1.165, 1.54) is 122 Å². The molecule has 0 saturated carbocycles. The van der Waals surface area contributed by atoms with Crippen molar-refractivity contribution in [2.24, 2.45) is 0 Å². The molecule has 0 aliphatic carbocycles. The van der Waals surface area contributed by atoms with Crippen LogP contribution in [0.2, 0.25) is 0 Å². The van der Waals surface area contributed by atoms with Crippen LogP contribution in [0.15, 0.2) is 0 Å². The van der Waals surface area contributed by atoms with Gasteiger partial charge in [0.05, 0.1) is 12.7 Å². The zero-order valence-corrected chi connectivity index (χ0v) is 19.0. The van der Waals surface area contributed by atoms with Gasteiger partial charge in [0.25, 0.3) is 0 Å². The highest BCUT2D eigenvalue weighted by molar-refractivity contribution is 4.70. The molecule has 1 saturated heterocycles. The van der Waals surface area contributed by atoms with Crippen LogP contribution in [0.4, 0.5) is 0 Å². The Kier molecular flexibility index (Phi) is 15.6. The molecule has 0 aromatic rings. The largest absolute Gasteiger partial charge is 0.348 e. The van der Waals surface area contributed by atoms with Crippen LogP contribution in [0.1, 0.15) is 143 Å². The van der Waals surface area contributed by atoms with E-state index in [0.29, 0.717) is 6.10 Å². The molecular formula is C25H50O2. The normalized spacial score (nSPS) is 19.0. The van der Waals surface area contributed by atoms with Gasteiger partial charge in [0, 0.05) is 0 Å². The van der Waals surface area contributed by atoms with Crippen molar-refractivity contribution >= 4 is 0 Å². The molecule has 0 aromatic carbocycles. The fourth-order valence-corrected chi connectivity index (χ4v) is 4.18. The Labute approximate surface area is 171 Å². The number of unbranched alkanes of at least 4 members (excludes halogenated alkanes) is 17. The lowest BCUT2D eigenvalue weighted by Crippen LogP contribution is -2.21. The molecule has 0 unspecified atom stereocenters. The highest BCUT2D eigenvalue weighted by Gasteiger charge is 2.31. The summed E-state index contributed by atoms with van der Waals surface area (Å²) in [4.78, 5) is 0. The van der Waals surface area contributed by atoms with E-state index >= 15 is 0 Å². The van der Waals surface area contributed by atoms with Crippen LogP contribution < -0.4 is 0 Å². The summed E-state index contributed by atoms with van der Waals surface area (Å²) in [6.45, 7) is 7.11. The zero-order chi connectivity index (χ0) is 19.6. The fraction of sp³-hybridized carbons (Fsp3) is 1.00. The first kappa shape index (κ1) is 25.0. The van der Waals surface area contributed by atoms with Crippen molar-refractivity contribution in [3.05, 3.63) is 0 Å². The summed E-state index contributed by atoms with van der Waals surface area (Å²) >= 11 is 0. The van der Waals surface area contributed by atoms with Crippen molar-refractivity contribution < 1.29 is 9.47 Å². The van der Waals surface area contributed by atoms with Crippen molar-refractivity contribution in [3.8, 4) is 0 Å². The molecule has 0 spiro atoms. The van der Waals surface area contributed by atoms with Gasteiger partial charge in [-0.3, -0.25) is 0 Å². The van der Waals surface area contributed by atoms with Crippen LogP contribution in [0, 0.1) is 0 Å². The highest BCUT2D eigenvalue weighted by atomic mass is 16.7. The van der Waals surface area contributed by atoms with E-state index in [2.05, 4.69) is 6.92 Å². The summed E-state index contributed by atoms with van der Waals surface area (Å²) in [6, 6.07) is 0. The van der Waals surface area contributed by atoms with Crippen molar-refractivity contribution in [2.45, 2.75) is 155 Å². The molecule has 2 heteroatoms. The average Bonchev–Trinajstić information content (AvgIpc) is 2.99. The number of hydrogen-bond donors (Lipinski definition) is 0. The summed E-state index contributed by atoms with van der Waals surface area (Å²) < 4.78 is 11.5. The summed E-state index contributed by atoms with van der Waals surface area (Å²) in [6.07, 6.45) is 27.3. The Balaban J connectivity index is 1.68. The van der Waals surface area contributed by atoms with Crippen LogP contribution in [0.3, 0.4) is 0 Å². The highest BCUT2D eigenvalue weighted by Crippen LogP contribution is 2.25. The van der Waals surface area contributed by atoms with Gasteiger partial charge in [-0.15, -0.1) is 0 Å². The molecule has 1 atom stereocenters. The monoisotopic (exact) mass is 382 g/mol. The van der Waals surface area contributed by atoms with E-state index in [9.17, 15) is 0 Å². The van der Waals surface area contributed by atoms with E-state index < -0.39 is 0 Å². The Morgan fingerprint density at radius 1 is 0.593 bits per heavy atom. The minimum absolute atomic E-state index is 0.334. The van der Waals surface area contributed by atoms with E-state index in [4.69, 9.17) is 9.47 Å². The lowest BCUT2D eigenvalue weighted by Gasteiger charge is -2.16. The van der Waals surface area contributed by atoms with E-state index in [1.54, 1.807) is 0 Å². The van der Waals surface area contributed by atoms with E-state index in [-0.39, 0.29) is 5.79 Å². The molecule has 162 valence electrons. The molecule has 0 amide bonds. The molecule has 1 fully saturated rings. The third kappa shape index (κ3) is 15.5. The van der Waals surface area contributed by atoms with Gasteiger partial charge in [-0.2, -0.15) is 0 Å². The van der Waals surface area contributed by atoms with Gasteiger partial charge >= 0.3 is 0 Å². The Morgan fingerprint density at radius 3 is 1.30 bits per heavy atom. The summed E-state index contributed by atoms with van der Waals surface area (Å²) in [5, 5.41) is 0. The zero-order valence-electron chi connectivity index (χ0n) is 19.0. The summed E-state index contributed by atoms with van der Waals surface area (Å²) in [5.41, 5.74) is 0. The van der Waals surface area contributed by atoms with Gasteiger partial charge in [0.1, 0.15) is 0 Å². The smallest absolute Gasteiger partial charge is 0.163 e. The first-order valence-electron chi connectivity index (χ1n) is 12.5. The van der Waals surface area contributed by atoms with Crippen LogP contribution in [-0.4, -0.2) is 18.5 Å². The molecule has 1 heterocycles. The maximum Gasteiger partial charge on any atom is 0.163 e. The molecule has 27 heavy (non-hydrogen) atoms. The second-order valence-corrected chi connectivity index (χ2v) is 9.25. The SMILES string of the molecule is CCCCCCCCCCCCCCCCCCCC[C@@H]1COC(C)(C)O1. The van der Waals surface area contributed by atoms with Gasteiger partial charge in [-0.05, 0) is 20.3 Å². The number of hydrogen-bond acceptors (Lipinski definition) is 2. The maximum absolute atomic E-state index is 5.86. The minimum atomic E-state index is -0.348. The van der Waals surface area contributed by atoms with E-state index in [0.717, 1.165) is 6.61 Å². The van der Waals surface area contributed by atoms with E-state index in [1.807, 2.05) is 13.8 Å². The Bertz CT molecular complexity index is 313. The Morgan fingerprint density at radius 2 is 0.963 bits per heavy atom. The number of rotatable bonds is 19. The fourth-order valence-electron chi connectivity index (χ4n) is 4.18. The maximum atomic E-state index is 5.86. The summed E-state index contributed by atoms with van der Waals surface area (Å²) in [5.74, 6) is -0.348. The van der Waals surface area contributed by atoms with Crippen molar-refractivity contribution in [3.63, 3.8) is 0 Å². The van der Waals surface area contributed by atoms with Gasteiger partial charge in [-0.25, -0.2) is 0 Å². The average molecular weight is 383 g/mol. The van der Waals surface area contributed by atoms with Gasteiger partial charge in [0.15, 0.2) is 5.79 Å². The molecule has 1 rings (SSSR count). The molecule has 1 aliphatic heterocycles. The minimum Gasteiger partial charge on any atom is -0.348 e. The number of ether oxygens (including phenoxy) is 2. The lowest BCUT2D eigenvalue weighted by molar-refractivity contribution is -0.139. The molecule has 0 N–H and O–H groups in total. The molecule has 1 aliphatic rings. The first-order chi connectivity index (χ1) is 13.1. The second-order valence-electron chi connectivity index (χ2n) is 9.25. The third-order valence-electron chi connectivity index (χ3n) is 5.95. The van der Waals surface area contributed by atoms with Crippen molar-refractivity contribution in [1.82, 2.24) is 0 Å². The quantitative estimate of drug-likeness (QED) is 0.208. The first-order valence-corrected chi connectivity index (χ1v) is 12.5. The van der Waals surface area contributed by atoms with Crippen molar-refractivity contribution in [2.75, 3.05) is 6.61 Å². The Hall–Kier alpha value is -0.0800. The molecule has 0 radical (unpaired) electrons. The van der Waals surface area contributed by atoms with Crippen LogP contribution in [-0.2, 0) is 9.47 Å². The molecule has 0 bridgehead atoms. The second kappa shape index (κ2) is 16.8. The van der Waals surface area contributed by atoms with Gasteiger partial charge in [0.2, 0.25) is 0 Å². The molecule has 0 aromatic heterocycles. The third-order valence-corrected chi connectivity index (χ3v) is 5.95. The molecular weight excluding hydrogens is 332 g/mol.